The average Bonchev–Trinajstić information content (AvgIpc) is 2.84. The van der Waals surface area contributed by atoms with Crippen LogP contribution in [0.4, 0.5) is 0 Å². The van der Waals surface area contributed by atoms with E-state index in [4.69, 9.17) is 0 Å². The Morgan fingerprint density at radius 1 is 1.13 bits per heavy atom. The van der Waals surface area contributed by atoms with Gasteiger partial charge in [0, 0.05) is 11.2 Å². The van der Waals surface area contributed by atoms with E-state index in [1.54, 1.807) is 0 Å². The van der Waals surface area contributed by atoms with Gasteiger partial charge in [0.1, 0.15) is 0 Å². The van der Waals surface area contributed by atoms with Gasteiger partial charge in [0.25, 0.3) is 0 Å². The Morgan fingerprint density at radius 3 is 2.73 bits per heavy atom. The molecule has 0 unspecified atom stereocenters. The van der Waals surface area contributed by atoms with Gasteiger partial charge < -0.3 is 4.98 Å². The summed E-state index contributed by atoms with van der Waals surface area (Å²) in [5.41, 5.74) is 4.09. The highest BCUT2D eigenvalue weighted by molar-refractivity contribution is 5.81. The first-order chi connectivity index (χ1) is 7.33. The van der Waals surface area contributed by atoms with Crippen molar-refractivity contribution in [2.45, 2.75) is 38.5 Å². The van der Waals surface area contributed by atoms with Crippen LogP contribution in [0.3, 0.4) is 0 Å². The summed E-state index contributed by atoms with van der Waals surface area (Å²) in [6.07, 6.45) is 5.54. The third kappa shape index (κ3) is 1.56. The van der Waals surface area contributed by atoms with Gasteiger partial charge in [0.05, 0.1) is 0 Å². The van der Waals surface area contributed by atoms with Gasteiger partial charge in [-0.2, -0.15) is 0 Å². The van der Waals surface area contributed by atoms with Crippen LogP contribution < -0.4 is 0 Å². The molecule has 1 heterocycles. The quantitative estimate of drug-likeness (QED) is 0.710. The summed E-state index contributed by atoms with van der Waals surface area (Å²) in [7, 11) is 0. The normalized spacial score (nSPS) is 17.7. The van der Waals surface area contributed by atoms with E-state index in [0.29, 0.717) is 0 Å². The fourth-order valence-electron chi connectivity index (χ4n) is 2.72. The van der Waals surface area contributed by atoms with Crippen molar-refractivity contribution in [2.24, 2.45) is 0 Å². The summed E-state index contributed by atoms with van der Waals surface area (Å²) < 4.78 is 0. The molecule has 0 bridgehead atoms. The number of H-pyrrole nitrogens is 1. The molecule has 15 heavy (non-hydrogen) atoms. The molecule has 0 radical (unpaired) electrons. The van der Waals surface area contributed by atoms with Crippen LogP contribution in [0.25, 0.3) is 10.9 Å². The van der Waals surface area contributed by atoms with Gasteiger partial charge in [-0.15, -0.1) is 0 Å². The first kappa shape index (κ1) is 9.02. The molecule has 1 aliphatic rings. The Hall–Kier alpha value is -1.24. The lowest BCUT2D eigenvalue weighted by Crippen LogP contribution is -1.90. The number of hydrogen-bond donors (Lipinski definition) is 1. The minimum Gasteiger partial charge on any atom is -0.358 e. The number of aryl methyl sites for hydroxylation is 1. The lowest BCUT2D eigenvalue weighted by molar-refractivity contribution is 0.705. The minimum absolute atomic E-state index is 0.790. The van der Waals surface area contributed by atoms with E-state index in [1.807, 2.05) is 0 Å². The Kier molecular flexibility index (Phi) is 2.05. The Bertz CT molecular complexity index is 475. The van der Waals surface area contributed by atoms with E-state index < -0.39 is 0 Å². The summed E-state index contributed by atoms with van der Waals surface area (Å²) in [4.78, 5) is 3.58. The highest BCUT2D eigenvalue weighted by Gasteiger charge is 2.18. The lowest BCUT2D eigenvalue weighted by atomic mass is 10.0. The zero-order valence-electron chi connectivity index (χ0n) is 9.22. The van der Waals surface area contributed by atoms with Gasteiger partial charge in [-0.25, -0.2) is 0 Å². The molecule has 3 rings (SSSR count). The molecule has 0 saturated heterocycles. The third-order valence-electron chi connectivity index (χ3n) is 3.59. The van der Waals surface area contributed by atoms with Crippen molar-refractivity contribution in [2.75, 3.05) is 0 Å². The van der Waals surface area contributed by atoms with Crippen molar-refractivity contribution in [3.63, 3.8) is 0 Å². The summed E-state index contributed by atoms with van der Waals surface area (Å²) in [5.74, 6) is 0.790. The first-order valence-electron chi connectivity index (χ1n) is 5.92. The van der Waals surface area contributed by atoms with Crippen LogP contribution in [0.5, 0.6) is 0 Å². The van der Waals surface area contributed by atoms with Crippen LogP contribution in [-0.4, -0.2) is 4.98 Å². The van der Waals surface area contributed by atoms with Crippen molar-refractivity contribution >= 4 is 10.9 Å². The predicted molar refractivity (Wildman–Crippen MR) is 64.2 cm³/mol. The van der Waals surface area contributed by atoms with E-state index in [-0.39, 0.29) is 0 Å². The maximum atomic E-state index is 3.58. The van der Waals surface area contributed by atoms with Crippen molar-refractivity contribution in [1.82, 2.24) is 4.98 Å². The first-order valence-corrected chi connectivity index (χ1v) is 5.92. The lowest BCUT2D eigenvalue weighted by Gasteiger charge is -2.04. The van der Waals surface area contributed by atoms with E-state index in [1.165, 1.54) is 47.8 Å². The number of aromatic nitrogens is 1. The molecular formula is C14H17N. The summed E-state index contributed by atoms with van der Waals surface area (Å²) >= 11 is 0. The minimum atomic E-state index is 0.790. The molecule has 0 aliphatic heterocycles. The topological polar surface area (TPSA) is 15.8 Å². The molecule has 1 nitrogen and oxygen atoms in total. The monoisotopic (exact) mass is 199 g/mol. The van der Waals surface area contributed by atoms with Crippen LogP contribution in [0.2, 0.25) is 0 Å². The molecule has 78 valence electrons. The molecule has 1 saturated carbocycles. The largest absolute Gasteiger partial charge is 0.358 e. The molecule has 1 aliphatic carbocycles. The van der Waals surface area contributed by atoms with Gasteiger partial charge in [0.2, 0.25) is 0 Å². The molecule has 2 aromatic rings. The fourth-order valence-corrected chi connectivity index (χ4v) is 2.72. The van der Waals surface area contributed by atoms with Crippen molar-refractivity contribution in [3.8, 4) is 0 Å². The smallest absolute Gasteiger partial charge is 0.0458 e. The van der Waals surface area contributed by atoms with Crippen LogP contribution >= 0.6 is 0 Å². The van der Waals surface area contributed by atoms with E-state index in [0.717, 1.165) is 5.92 Å². The highest BCUT2D eigenvalue weighted by atomic mass is 14.7. The summed E-state index contributed by atoms with van der Waals surface area (Å²) in [6, 6.07) is 8.99. The standard InChI is InChI=1S/C14H17N/c1-10-6-7-12-9-14(15-13(12)8-10)11-4-2-3-5-11/h6-9,11,15H,2-5H2,1H3. The second-order valence-corrected chi connectivity index (χ2v) is 4.80. The Morgan fingerprint density at radius 2 is 1.93 bits per heavy atom. The molecular weight excluding hydrogens is 182 g/mol. The van der Waals surface area contributed by atoms with Crippen LogP contribution in [0.1, 0.15) is 42.9 Å². The van der Waals surface area contributed by atoms with Crippen LogP contribution in [0, 0.1) is 6.92 Å². The molecule has 0 atom stereocenters. The molecule has 1 fully saturated rings. The molecule has 0 spiro atoms. The average molecular weight is 199 g/mol. The summed E-state index contributed by atoms with van der Waals surface area (Å²) in [6.45, 7) is 2.15. The highest BCUT2D eigenvalue weighted by Crippen LogP contribution is 2.34. The van der Waals surface area contributed by atoms with Gasteiger partial charge in [-0.3, -0.25) is 0 Å². The third-order valence-corrected chi connectivity index (χ3v) is 3.59. The zero-order chi connectivity index (χ0) is 10.3. The summed E-state index contributed by atoms with van der Waals surface area (Å²) in [5, 5.41) is 1.36. The van der Waals surface area contributed by atoms with Gasteiger partial charge in [-0.05, 0) is 48.8 Å². The van der Waals surface area contributed by atoms with Crippen LogP contribution in [0.15, 0.2) is 24.3 Å². The van der Waals surface area contributed by atoms with Gasteiger partial charge >= 0.3 is 0 Å². The zero-order valence-corrected chi connectivity index (χ0v) is 9.22. The predicted octanol–water partition coefficient (Wildman–Crippen LogP) is 4.13. The second-order valence-electron chi connectivity index (χ2n) is 4.80. The molecule has 0 amide bonds. The molecule has 1 aromatic carbocycles. The molecule has 1 N–H and O–H groups in total. The van der Waals surface area contributed by atoms with Crippen molar-refractivity contribution in [1.29, 1.82) is 0 Å². The van der Waals surface area contributed by atoms with Gasteiger partial charge in [0.15, 0.2) is 0 Å². The molecule has 1 aromatic heterocycles. The maximum Gasteiger partial charge on any atom is 0.0458 e. The van der Waals surface area contributed by atoms with Crippen LogP contribution in [-0.2, 0) is 0 Å². The maximum absolute atomic E-state index is 3.58. The number of nitrogens with one attached hydrogen (secondary N) is 1. The van der Waals surface area contributed by atoms with E-state index in [2.05, 4.69) is 36.2 Å². The second kappa shape index (κ2) is 3.41. The van der Waals surface area contributed by atoms with Crippen molar-refractivity contribution in [3.05, 3.63) is 35.5 Å². The number of aromatic amines is 1. The Labute approximate surface area is 90.5 Å². The SMILES string of the molecule is Cc1ccc2cc(C3CCCC3)[nH]c2c1. The number of benzene rings is 1. The number of rotatable bonds is 1. The molecule has 1 heteroatoms. The van der Waals surface area contributed by atoms with E-state index >= 15 is 0 Å². The van der Waals surface area contributed by atoms with Crippen molar-refractivity contribution < 1.29 is 0 Å². The number of fused-ring (bicyclic) bond motifs is 1. The number of hydrogen-bond acceptors (Lipinski definition) is 0. The fraction of sp³-hybridized carbons (Fsp3) is 0.429. The van der Waals surface area contributed by atoms with E-state index in [9.17, 15) is 0 Å². The van der Waals surface area contributed by atoms with Gasteiger partial charge in [-0.1, -0.05) is 25.0 Å². The Balaban J connectivity index is 2.05.